The first-order valence-corrected chi connectivity index (χ1v) is 33.4. The van der Waals surface area contributed by atoms with Gasteiger partial charge < -0.3 is 40.3 Å². The number of ether oxygens (including phenoxy) is 2. The highest BCUT2D eigenvalue weighted by Crippen LogP contribution is 2.23. The highest BCUT2D eigenvalue weighted by atomic mass is 16.7. The van der Waals surface area contributed by atoms with Crippen molar-refractivity contribution in [2.75, 3.05) is 13.2 Å². The van der Waals surface area contributed by atoms with E-state index in [0.29, 0.717) is 6.42 Å². The van der Waals surface area contributed by atoms with Gasteiger partial charge in [0, 0.05) is 6.42 Å². The summed E-state index contributed by atoms with van der Waals surface area (Å²) in [4.78, 5) is 13.1. The Kier molecular flexibility index (Phi) is 53.9. The Hall–Kier alpha value is -1.07. The van der Waals surface area contributed by atoms with Crippen molar-refractivity contribution in [3.05, 3.63) is 12.2 Å². The lowest BCUT2D eigenvalue weighted by atomic mass is 9.99. The third-order valence-electron chi connectivity index (χ3n) is 16.4. The smallest absolute Gasteiger partial charge is 0.220 e. The molecule has 1 heterocycles. The SMILES string of the molecule is CCCCCCCCCCCCCCCCCCC/C=C/C(O)C(COC1OC(CO)C(O)C(O)C1O)NC(=O)CCCCCCCCCCCCCCCCCCCCCCCCCCCCCCCCCCC. The molecule has 0 saturated carbocycles. The van der Waals surface area contributed by atoms with Crippen LogP contribution in [0.3, 0.4) is 0 Å². The van der Waals surface area contributed by atoms with E-state index in [4.69, 9.17) is 9.47 Å². The molecular formula is C66H129NO8. The van der Waals surface area contributed by atoms with Crippen molar-refractivity contribution >= 4 is 5.91 Å². The predicted molar refractivity (Wildman–Crippen MR) is 318 cm³/mol. The number of nitrogens with one attached hydrogen (secondary N) is 1. The Balaban J connectivity index is 2.10. The van der Waals surface area contributed by atoms with E-state index in [1.54, 1.807) is 6.08 Å². The van der Waals surface area contributed by atoms with Crippen LogP contribution in [0.15, 0.2) is 12.2 Å². The Morgan fingerprint density at radius 2 is 0.733 bits per heavy atom. The van der Waals surface area contributed by atoms with Crippen LogP contribution < -0.4 is 5.32 Å². The summed E-state index contributed by atoms with van der Waals surface area (Å²) in [6.45, 7) is 3.84. The molecule has 7 atom stereocenters. The van der Waals surface area contributed by atoms with Gasteiger partial charge in [-0.25, -0.2) is 0 Å². The Bertz CT molecular complexity index is 1190. The van der Waals surface area contributed by atoms with Gasteiger partial charge in [0.25, 0.3) is 0 Å². The van der Waals surface area contributed by atoms with Crippen LogP contribution in [0.1, 0.15) is 348 Å². The molecule has 1 aliphatic heterocycles. The van der Waals surface area contributed by atoms with Gasteiger partial charge in [0.15, 0.2) is 6.29 Å². The van der Waals surface area contributed by atoms with Crippen molar-refractivity contribution < 1.29 is 39.8 Å². The molecular weight excluding hydrogens is 935 g/mol. The monoisotopic (exact) mass is 1060 g/mol. The summed E-state index contributed by atoms with van der Waals surface area (Å²) in [7, 11) is 0. The van der Waals surface area contributed by atoms with Crippen molar-refractivity contribution in [2.45, 2.75) is 391 Å². The van der Waals surface area contributed by atoms with Crippen molar-refractivity contribution in [2.24, 2.45) is 0 Å². The summed E-state index contributed by atoms with van der Waals surface area (Å²) in [6.07, 6.45) is 64.6. The van der Waals surface area contributed by atoms with Gasteiger partial charge in [-0.2, -0.15) is 0 Å². The van der Waals surface area contributed by atoms with Gasteiger partial charge in [-0.05, 0) is 19.3 Å². The fourth-order valence-corrected chi connectivity index (χ4v) is 11.1. The molecule has 9 heteroatoms. The second kappa shape index (κ2) is 56.2. The molecule has 446 valence electrons. The zero-order valence-electron chi connectivity index (χ0n) is 49.8. The molecule has 1 fully saturated rings. The van der Waals surface area contributed by atoms with Crippen LogP contribution in [0, 0.1) is 0 Å². The second-order valence-corrected chi connectivity index (χ2v) is 23.6. The Labute approximate surface area is 465 Å². The zero-order valence-corrected chi connectivity index (χ0v) is 49.8. The van der Waals surface area contributed by atoms with Gasteiger partial charge in [0.2, 0.25) is 5.91 Å². The Morgan fingerprint density at radius 3 is 1.04 bits per heavy atom. The molecule has 0 bridgehead atoms. The third-order valence-corrected chi connectivity index (χ3v) is 16.4. The van der Waals surface area contributed by atoms with Gasteiger partial charge in [-0.1, -0.05) is 334 Å². The number of carbonyl (C=O) groups is 1. The van der Waals surface area contributed by atoms with E-state index in [-0.39, 0.29) is 12.5 Å². The number of amides is 1. The van der Waals surface area contributed by atoms with Crippen molar-refractivity contribution in [3.63, 3.8) is 0 Å². The summed E-state index contributed by atoms with van der Waals surface area (Å²) in [6, 6.07) is -0.801. The summed E-state index contributed by atoms with van der Waals surface area (Å²) < 4.78 is 11.3. The van der Waals surface area contributed by atoms with Crippen LogP contribution in [-0.4, -0.2) is 87.5 Å². The van der Waals surface area contributed by atoms with Gasteiger partial charge in [-0.3, -0.25) is 4.79 Å². The average molecular weight is 1060 g/mol. The summed E-state index contributed by atoms with van der Waals surface area (Å²) in [5.41, 5.74) is 0. The lowest BCUT2D eigenvalue weighted by Gasteiger charge is -2.40. The molecule has 75 heavy (non-hydrogen) atoms. The van der Waals surface area contributed by atoms with E-state index in [9.17, 15) is 30.3 Å². The molecule has 1 amide bonds. The van der Waals surface area contributed by atoms with E-state index in [2.05, 4.69) is 19.2 Å². The minimum absolute atomic E-state index is 0.168. The molecule has 0 radical (unpaired) electrons. The van der Waals surface area contributed by atoms with Gasteiger partial charge in [0.1, 0.15) is 24.4 Å². The number of rotatable bonds is 59. The molecule has 0 aliphatic carbocycles. The van der Waals surface area contributed by atoms with Gasteiger partial charge >= 0.3 is 0 Å². The number of aliphatic hydroxyl groups excluding tert-OH is 5. The first-order chi connectivity index (χ1) is 36.8. The number of aliphatic hydroxyl groups is 5. The van der Waals surface area contributed by atoms with Crippen LogP contribution in [0.25, 0.3) is 0 Å². The normalized spacial score (nSPS) is 18.8. The van der Waals surface area contributed by atoms with E-state index in [0.717, 1.165) is 38.5 Å². The summed E-state index contributed by atoms with van der Waals surface area (Å²) >= 11 is 0. The molecule has 1 aliphatic rings. The third kappa shape index (κ3) is 45.4. The quantitative estimate of drug-likeness (QED) is 0.0261. The van der Waals surface area contributed by atoms with Crippen molar-refractivity contribution in [1.29, 1.82) is 0 Å². The van der Waals surface area contributed by atoms with Gasteiger partial charge in [0.05, 0.1) is 25.4 Å². The number of hydrogen-bond donors (Lipinski definition) is 6. The maximum Gasteiger partial charge on any atom is 0.220 e. The lowest BCUT2D eigenvalue weighted by Crippen LogP contribution is -2.60. The van der Waals surface area contributed by atoms with E-state index in [1.807, 2.05) is 6.08 Å². The minimum Gasteiger partial charge on any atom is -0.394 e. The van der Waals surface area contributed by atoms with Crippen LogP contribution in [0.2, 0.25) is 0 Å². The van der Waals surface area contributed by atoms with Gasteiger partial charge in [-0.15, -0.1) is 0 Å². The molecule has 0 aromatic rings. The number of carbonyl (C=O) groups excluding carboxylic acids is 1. The molecule has 9 nitrogen and oxygen atoms in total. The highest BCUT2D eigenvalue weighted by molar-refractivity contribution is 5.76. The number of allylic oxidation sites excluding steroid dienone is 1. The molecule has 1 rings (SSSR count). The van der Waals surface area contributed by atoms with E-state index in [1.165, 1.54) is 289 Å². The van der Waals surface area contributed by atoms with E-state index >= 15 is 0 Å². The largest absolute Gasteiger partial charge is 0.394 e. The molecule has 7 unspecified atom stereocenters. The van der Waals surface area contributed by atoms with Crippen LogP contribution >= 0.6 is 0 Å². The average Bonchev–Trinajstić information content (AvgIpc) is 3.41. The first kappa shape index (κ1) is 71.9. The highest BCUT2D eigenvalue weighted by Gasteiger charge is 2.44. The Morgan fingerprint density at radius 1 is 0.440 bits per heavy atom. The first-order valence-electron chi connectivity index (χ1n) is 33.4. The predicted octanol–water partition coefficient (Wildman–Crippen LogP) is 17.5. The zero-order chi connectivity index (χ0) is 54.3. The molecule has 1 saturated heterocycles. The summed E-state index contributed by atoms with van der Waals surface area (Å²) in [5.74, 6) is -0.168. The number of hydrogen-bond acceptors (Lipinski definition) is 8. The van der Waals surface area contributed by atoms with Crippen LogP contribution in [0.4, 0.5) is 0 Å². The maximum atomic E-state index is 13.1. The van der Waals surface area contributed by atoms with E-state index < -0.39 is 49.5 Å². The molecule has 0 spiro atoms. The molecule has 0 aromatic carbocycles. The van der Waals surface area contributed by atoms with Crippen LogP contribution in [0.5, 0.6) is 0 Å². The standard InChI is InChI=1S/C66H129NO8/c1-3-5-7-9-11-13-15-17-19-21-23-24-25-26-27-28-29-30-31-32-33-34-35-36-38-40-42-44-46-48-50-52-54-56-62(70)67-59(58-74-66-65(73)64(72)63(71)61(57-68)75-66)60(69)55-53-51-49-47-45-43-41-39-37-22-20-18-16-14-12-10-8-6-4-2/h53,55,59-61,63-66,68-69,71-73H,3-52,54,56-58H2,1-2H3,(H,67,70)/b55-53+. The maximum absolute atomic E-state index is 13.1. The second-order valence-electron chi connectivity index (χ2n) is 23.6. The summed E-state index contributed by atoms with van der Waals surface area (Å²) in [5, 5.41) is 54.6. The van der Waals surface area contributed by atoms with Crippen molar-refractivity contribution in [1.82, 2.24) is 5.32 Å². The molecule has 0 aromatic heterocycles. The fraction of sp³-hybridized carbons (Fsp3) is 0.955. The number of unbranched alkanes of at least 4 members (excludes halogenated alkanes) is 49. The minimum atomic E-state index is -1.56. The van der Waals surface area contributed by atoms with Crippen LogP contribution in [-0.2, 0) is 14.3 Å². The van der Waals surface area contributed by atoms with Crippen molar-refractivity contribution in [3.8, 4) is 0 Å². The topological polar surface area (TPSA) is 149 Å². The fourth-order valence-electron chi connectivity index (χ4n) is 11.1. The lowest BCUT2D eigenvalue weighted by molar-refractivity contribution is -0.302. The molecule has 6 N–H and O–H groups in total.